The van der Waals surface area contributed by atoms with Crippen molar-refractivity contribution in [2.45, 2.75) is 38.2 Å². The molecule has 0 unspecified atom stereocenters. The van der Waals surface area contributed by atoms with Crippen LogP contribution in [0, 0.1) is 11.8 Å². The first-order chi connectivity index (χ1) is 10.3. The highest BCUT2D eigenvalue weighted by Crippen LogP contribution is 2.26. The topological polar surface area (TPSA) is 35.2 Å². The van der Waals surface area contributed by atoms with Crippen molar-refractivity contribution in [2.75, 3.05) is 6.54 Å². The molecule has 1 aliphatic carbocycles. The number of hydrogen-bond donors (Lipinski definition) is 1. The molecule has 1 saturated carbocycles. The SMILES string of the molecule is NCC#Cc1ccc2cc(OC3CCCCC3)ccc2c1. The molecule has 0 atom stereocenters. The molecule has 2 aromatic carbocycles. The van der Waals surface area contributed by atoms with Gasteiger partial charge in [0.25, 0.3) is 0 Å². The molecule has 0 radical (unpaired) electrons. The van der Waals surface area contributed by atoms with Gasteiger partial charge in [-0.05, 0) is 60.7 Å². The maximum Gasteiger partial charge on any atom is 0.120 e. The Balaban J connectivity index is 1.79. The van der Waals surface area contributed by atoms with Gasteiger partial charge in [-0.1, -0.05) is 30.4 Å². The van der Waals surface area contributed by atoms with E-state index < -0.39 is 0 Å². The second kappa shape index (κ2) is 6.65. The predicted molar refractivity (Wildman–Crippen MR) is 87.4 cm³/mol. The Morgan fingerprint density at radius 3 is 2.57 bits per heavy atom. The van der Waals surface area contributed by atoms with Crippen molar-refractivity contribution in [3.05, 3.63) is 42.0 Å². The van der Waals surface area contributed by atoms with Crippen LogP contribution in [0.1, 0.15) is 37.7 Å². The average molecular weight is 279 g/mol. The number of hydrogen-bond acceptors (Lipinski definition) is 2. The summed E-state index contributed by atoms with van der Waals surface area (Å²) in [4.78, 5) is 0. The first-order valence-electron chi connectivity index (χ1n) is 7.74. The summed E-state index contributed by atoms with van der Waals surface area (Å²) >= 11 is 0. The van der Waals surface area contributed by atoms with Gasteiger partial charge in [-0.3, -0.25) is 0 Å². The van der Waals surface area contributed by atoms with E-state index in [1.807, 2.05) is 6.07 Å². The van der Waals surface area contributed by atoms with E-state index in [2.05, 4.69) is 42.2 Å². The smallest absolute Gasteiger partial charge is 0.120 e. The van der Waals surface area contributed by atoms with Crippen LogP contribution < -0.4 is 10.5 Å². The van der Waals surface area contributed by atoms with Crippen LogP contribution in [0.4, 0.5) is 0 Å². The lowest BCUT2D eigenvalue weighted by Gasteiger charge is -2.23. The molecule has 2 N–H and O–H groups in total. The van der Waals surface area contributed by atoms with Crippen molar-refractivity contribution in [1.29, 1.82) is 0 Å². The van der Waals surface area contributed by atoms with Crippen LogP contribution in [0.5, 0.6) is 5.75 Å². The molecule has 2 heteroatoms. The van der Waals surface area contributed by atoms with Gasteiger partial charge in [0, 0.05) is 5.56 Å². The molecule has 0 amide bonds. The van der Waals surface area contributed by atoms with E-state index >= 15 is 0 Å². The highest BCUT2D eigenvalue weighted by atomic mass is 16.5. The minimum absolute atomic E-state index is 0.394. The van der Waals surface area contributed by atoms with E-state index in [4.69, 9.17) is 10.5 Å². The van der Waals surface area contributed by atoms with Crippen molar-refractivity contribution in [2.24, 2.45) is 5.73 Å². The molecule has 1 fully saturated rings. The normalized spacial score (nSPS) is 15.5. The van der Waals surface area contributed by atoms with Gasteiger partial charge in [0.2, 0.25) is 0 Å². The zero-order valence-electron chi connectivity index (χ0n) is 12.3. The van der Waals surface area contributed by atoms with E-state index in [9.17, 15) is 0 Å². The van der Waals surface area contributed by atoms with Gasteiger partial charge in [0.05, 0.1) is 12.6 Å². The Labute approximate surface area is 126 Å². The van der Waals surface area contributed by atoms with Crippen molar-refractivity contribution in [1.82, 2.24) is 0 Å². The maximum atomic E-state index is 6.11. The van der Waals surface area contributed by atoms with Crippen LogP contribution in [0.25, 0.3) is 10.8 Å². The van der Waals surface area contributed by atoms with Gasteiger partial charge in [-0.2, -0.15) is 0 Å². The van der Waals surface area contributed by atoms with Gasteiger partial charge in [-0.15, -0.1) is 0 Å². The molecule has 21 heavy (non-hydrogen) atoms. The van der Waals surface area contributed by atoms with E-state index in [0.29, 0.717) is 12.6 Å². The number of benzene rings is 2. The molecular weight excluding hydrogens is 258 g/mol. The van der Waals surface area contributed by atoms with E-state index in [-0.39, 0.29) is 0 Å². The van der Waals surface area contributed by atoms with E-state index in [0.717, 1.165) is 11.3 Å². The maximum absolute atomic E-state index is 6.11. The van der Waals surface area contributed by atoms with Gasteiger partial charge < -0.3 is 10.5 Å². The molecule has 0 spiro atoms. The minimum Gasteiger partial charge on any atom is -0.490 e. The predicted octanol–water partition coefficient (Wildman–Crippen LogP) is 3.86. The lowest BCUT2D eigenvalue weighted by Crippen LogP contribution is -2.19. The Hall–Kier alpha value is -1.98. The molecule has 0 bridgehead atoms. The second-order valence-corrected chi connectivity index (χ2v) is 5.61. The summed E-state index contributed by atoms with van der Waals surface area (Å²) in [6.07, 6.45) is 6.70. The van der Waals surface area contributed by atoms with Crippen molar-refractivity contribution in [3.8, 4) is 17.6 Å². The summed E-state index contributed by atoms with van der Waals surface area (Å²) in [5.74, 6) is 6.94. The van der Waals surface area contributed by atoms with Gasteiger partial charge in [0.1, 0.15) is 5.75 Å². The van der Waals surface area contributed by atoms with Crippen molar-refractivity contribution >= 4 is 10.8 Å². The summed E-state index contributed by atoms with van der Waals surface area (Å²) in [5.41, 5.74) is 6.42. The van der Waals surface area contributed by atoms with Crippen molar-refractivity contribution in [3.63, 3.8) is 0 Å². The molecule has 2 aromatic rings. The Kier molecular flexibility index (Phi) is 4.43. The van der Waals surface area contributed by atoms with Gasteiger partial charge in [-0.25, -0.2) is 0 Å². The Bertz CT molecular complexity index is 675. The third-order valence-electron chi connectivity index (χ3n) is 4.00. The molecule has 2 nitrogen and oxygen atoms in total. The molecule has 0 aromatic heterocycles. The molecule has 0 saturated heterocycles. The first-order valence-corrected chi connectivity index (χ1v) is 7.74. The van der Waals surface area contributed by atoms with E-state index in [1.54, 1.807) is 0 Å². The summed E-state index contributed by atoms with van der Waals surface area (Å²) in [5, 5.41) is 2.39. The standard InChI is InChI=1S/C19H21NO/c20-12-4-5-15-8-9-17-14-19(11-10-16(17)13-15)21-18-6-2-1-3-7-18/h8-11,13-14,18H,1-3,6-7,12,20H2. The third kappa shape index (κ3) is 3.56. The van der Waals surface area contributed by atoms with Crippen molar-refractivity contribution < 1.29 is 4.74 Å². The largest absolute Gasteiger partial charge is 0.490 e. The highest BCUT2D eigenvalue weighted by Gasteiger charge is 2.14. The lowest BCUT2D eigenvalue weighted by atomic mass is 9.98. The van der Waals surface area contributed by atoms with Crippen LogP contribution in [0.15, 0.2) is 36.4 Å². The molecule has 3 rings (SSSR count). The Morgan fingerprint density at radius 1 is 1.00 bits per heavy atom. The fourth-order valence-corrected chi connectivity index (χ4v) is 2.90. The molecule has 108 valence electrons. The van der Waals surface area contributed by atoms with Crippen LogP contribution in [-0.2, 0) is 0 Å². The zero-order chi connectivity index (χ0) is 14.5. The summed E-state index contributed by atoms with van der Waals surface area (Å²) in [6.45, 7) is 0.395. The monoisotopic (exact) mass is 279 g/mol. The van der Waals surface area contributed by atoms with E-state index in [1.165, 1.54) is 42.9 Å². The molecule has 0 heterocycles. The van der Waals surface area contributed by atoms with Gasteiger partial charge in [0.15, 0.2) is 0 Å². The summed E-state index contributed by atoms with van der Waals surface area (Å²) in [7, 11) is 0. The third-order valence-corrected chi connectivity index (χ3v) is 4.00. The fourth-order valence-electron chi connectivity index (χ4n) is 2.90. The molecular formula is C19H21NO. The highest BCUT2D eigenvalue weighted by molar-refractivity contribution is 5.85. The second-order valence-electron chi connectivity index (χ2n) is 5.61. The molecule has 1 aliphatic rings. The van der Waals surface area contributed by atoms with Crippen LogP contribution in [0.2, 0.25) is 0 Å². The number of fused-ring (bicyclic) bond motifs is 1. The van der Waals surface area contributed by atoms with Crippen LogP contribution in [-0.4, -0.2) is 12.6 Å². The quantitative estimate of drug-likeness (QED) is 0.847. The number of ether oxygens (including phenoxy) is 1. The fraction of sp³-hybridized carbons (Fsp3) is 0.368. The first kappa shape index (κ1) is 14.0. The summed E-state index contributed by atoms with van der Waals surface area (Å²) in [6, 6.07) is 12.5. The van der Waals surface area contributed by atoms with Crippen LogP contribution in [0.3, 0.4) is 0 Å². The number of nitrogens with two attached hydrogens (primary N) is 1. The van der Waals surface area contributed by atoms with Crippen LogP contribution >= 0.6 is 0 Å². The Morgan fingerprint density at radius 2 is 1.76 bits per heavy atom. The average Bonchev–Trinajstić information content (AvgIpc) is 2.54. The number of rotatable bonds is 2. The lowest BCUT2D eigenvalue weighted by molar-refractivity contribution is 0.155. The minimum atomic E-state index is 0.394. The zero-order valence-corrected chi connectivity index (χ0v) is 12.3. The summed E-state index contributed by atoms with van der Waals surface area (Å²) < 4.78 is 6.11. The molecule has 0 aliphatic heterocycles. The van der Waals surface area contributed by atoms with Gasteiger partial charge >= 0.3 is 0 Å².